The van der Waals surface area contributed by atoms with Gasteiger partial charge in [0.05, 0.1) is 17.3 Å². The number of hydrogen-bond acceptors (Lipinski definition) is 3. The molecule has 0 bridgehead atoms. The minimum atomic E-state index is -0.380. The van der Waals surface area contributed by atoms with E-state index in [1.54, 1.807) is 18.2 Å². The fourth-order valence-electron chi connectivity index (χ4n) is 1.32. The zero-order chi connectivity index (χ0) is 12.4. The van der Waals surface area contributed by atoms with E-state index in [1.165, 1.54) is 10.7 Å². The van der Waals surface area contributed by atoms with Crippen molar-refractivity contribution >= 4 is 23.2 Å². The maximum Gasteiger partial charge on any atom is 0.368 e. The van der Waals surface area contributed by atoms with Gasteiger partial charge in [-0.3, -0.25) is 0 Å². The van der Waals surface area contributed by atoms with E-state index >= 15 is 0 Å². The molecule has 5 nitrogen and oxygen atoms in total. The molecule has 7 heteroatoms. The standard InChI is InChI=1S/C10H8Cl2N4O/c1-2-5-15-10(17)16(14-13-15)9-4-3-7(11)6-8(9)12/h2-4,6H,1,5H2. The fourth-order valence-corrected chi connectivity index (χ4v) is 1.80. The Hall–Kier alpha value is -1.59. The molecule has 1 aromatic heterocycles. The third-order valence-corrected chi connectivity index (χ3v) is 2.62. The van der Waals surface area contributed by atoms with E-state index < -0.39 is 0 Å². The summed E-state index contributed by atoms with van der Waals surface area (Å²) in [5.74, 6) is 0. The van der Waals surface area contributed by atoms with E-state index in [4.69, 9.17) is 23.2 Å². The molecule has 0 N–H and O–H groups in total. The van der Waals surface area contributed by atoms with Crippen molar-refractivity contribution in [2.24, 2.45) is 0 Å². The first-order valence-corrected chi connectivity index (χ1v) is 5.48. The number of tetrazole rings is 1. The first-order valence-electron chi connectivity index (χ1n) is 4.72. The summed E-state index contributed by atoms with van der Waals surface area (Å²) in [5, 5.41) is 8.27. The molecule has 0 aliphatic heterocycles. The lowest BCUT2D eigenvalue weighted by Crippen LogP contribution is -2.24. The fraction of sp³-hybridized carbons (Fsp3) is 0.100. The Labute approximate surface area is 107 Å². The summed E-state index contributed by atoms with van der Waals surface area (Å²) in [4.78, 5) is 11.9. The number of allylic oxidation sites excluding steroid dienone is 1. The molecule has 1 heterocycles. The minimum Gasteiger partial charge on any atom is -0.244 e. The molecule has 2 rings (SSSR count). The van der Waals surface area contributed by atoms with Gasteiger partial charge in [0, 0.05) is 5.02 Å². The van der Waals surface area contributed by atoms with Crippen molar-refractivity contribution in [1.29, 1.82) is 0 Å². The van der Waals surface area contributed by atoms with Crippen LogP contribution in [0.4, 0.5) is 0 Å². The molecule has 0 aliphatic carbocycles. The van der Waals surface area contributed by atoms with Crippen LogP contribution >= 0.6 is 23.2 Å². The van der Waals surface area contributed by atoms with Gasteiger partial charge in [0.25, 0.3) is 0 Å². The summed E-state index contributed by atoms with van der Waals surface area (Å²) in [6.45, 7) is 3.82. The van der Waals surface area contributed by atoms with Gasteiger partial charge >= 0.3 is 5.69 Å². The van der Waals surface area contributed by atoms with Crippen LogP contribution in [0.3, 0.4) is 0 Å². The molecule has 0 radical (unpaired) electrons. The number of halogens is 2. The van der Waals surface area contributed by atoms with E-state index in [0.29, 0.717) is 22.3 Å². The molecule has 17 heavy (non-hydrogen) atoms. The van der Waals surface area contributed by atoms with Gasteiger partial charge in [0.2, 0.25) is 0 Å². The van der Waals surface area contributed by atoms with Gasteiger partial charge in [-0.1, -0.05) is 29.3 Å². The molecule has 0 spiro atoms. The first kappa shape index (κ1) is 11.9. The van der Waals surface area contributed by atoms with Crippen LogP contribution < -0.4 is 5.69 Å². The number of hydrogen-bond donors (Lipinski definition) is 0. The molecule has 0 aliphatic rings. The van der Waals surface area contributed by atoms with Crippen LogP contribution in [0.25, 0.3) is 5.69 Å². The van der Waals surface area contributed by atoms with Crippen molar-refractivity contribution in [3.05, 3.63) is 51.4 Å². The van der Waals surface area contributed by atoms with Gasteiger partial charge in [0.15, 0.2) is 0 Å². The second-order valence-electron chi connectivity index (χ2n) is 3.24. The SMILES string of the molecule is C=CCn1nnn(-c2ccc(Cl)cc2Cl)c1=O. The largest absolute Gasteiger partial charge is 0.368 e. The van der Waals surface area contributed by atoms with Gasteiger partial charge in [-0.05, 0) is 28.6 Å². The average molecular weight is 271 g/mol. The molecule has 1 aromatic carbocycles. The second kappa shape index (κ2) is 4.73. The Morgan fingerprint density at radius 2 is 2.12 bits per heavy atom. The smallest absolute Gasteiger partial charge is 0.244 e. The predicted molar refractivity (Wildman–Crippen MR) is 65.8 cm³/mol. The van der Waals surface area contributed by atoms with Crippen molar-refractivity contribution in [2.45, 2.75) is 6.54 Å². The maximum absolute atomic E-state index is 11.9. The molecule has 0 saturated heterocycles. The molecule has 0 fully saturated rings. The summed E-state index contributed by atoms with van der Waals surface area (Å²) in [6.07, 6.45) is 1.56. The quantitative estimate of drug-likeness (QED) is 0.801. The Morgan fingerprint density at radius 3 is 2.76 bits per heavy atom. The Kier molecular flexibility index (Phi) is 3.31. The topological polar surface area (TPSA) is 52.7 Å². The summed E-state index contributed by atoms with van der Waals surface area (Å²) in [7, 11) is 0. The third kappa shape index (κ3) is 2.25. The molecular formula is C10H8Cl2N4O. The third-order valence-electron chi connectivity index (χ3n) is 2.08. The monoisotopic (exact) mass is 270 g/mol. The molecular weight excluding hydrogens is 263 g/mol. The Bertz CT molecular complexity index is 617. The summed E-state index contributed by atoms with van der Waals surface area (Å²) >= 11 is 11.8. The van der Waals surface area contributed by atoms with Crippen LogP contribution in [0, 0.1) is 0 Å². The molecule has 0 amide bonds. The molecule has 0 atom stereocenters. The van der Waals surface area contributed by atoms with Gasteiger partial charge in [-0.25, -0.2) is 4.79 Å². The highest BCUT2D eigenvalue weighted by atomic mass is 35.5. The molecule has 0 saturated carbocycles. The van der Waals surface area contributed by atoms with Gasteiger partial charge in [-0.2, -0.15) is 9.36 Å². The van der Waals surface area contributed by atoms with Crippen LogP contribution in [0.2, 0.25) is 10.0 Å². The lowest BCUT2D eigenvalue weighted by molar-refractivity contribution is 0.644. The second-order valence-corrected chi connectivity index (χ2v) is 4.08. The Balaban J connectivity index is 2.53. The molecule has 2 aromatic rings. The van der Waals surface area contributed by atoms with E-state index in [1.807, 2.05) is 0 Å². The van der Waals surface area contributed by atoms with Gasteiger partial charge < -0.3 is 0 Å². The highest BCUT2D eigenvalue weighted by molar-refractivity contribution is 6.35. The summed E-state index contributed by atoms with van der Waals surface area (Å²) in [6, 6.07) is 4.78. The maximum atomic E-state index is 11.9. The zero-order valence-corrected chi connectivity index (χ0v) is 10.2. The van der Waals surface area contributed by atoms with Crippen LogP contribution in [0.15, 0.2) is 35.6 Å². The van der Waals surface area contributed by atoms with E-state index in [0.717, 1.165) is 4.68 Å². The van der Waals surface area contributed by atoms with Crippen LogP contribution in [-0.4, -0.2) is 19.8 Å². The first-order chi connectivity index (χ1) is 8.13. The van der Waals surface area contributed by atoms with Crippen molar-refractivity contribution in [3.63, 3.8) is 0 Å². The van der Waals surface area contributed by atoms with Crippen molar-refractivity contribution < 1.29 is 0 Å². The predicted octanol–water partition coefficient (Wildman–Crippen LogP) is 1.92. The highest BCUT2D eigenvalue weighted by Gasteiger charge is 2.11. The number of rotatable bonds is 3. The highest BCUT2D eigenvalue weighted by Crippen LogP contribution is 2.22. The lowest BCUT2D eigenvalue weighted by atomic mass is 10.3. The summed E-state index contributed by atoms with van der Waals surface area (Å²) in [5.41, 5.74) is 0.0606. The van der Waals surface area contributed by atoms with Gasteiger partial charge in [-0.15, -0.1) is 6.58 Å². The van der Waals surface area contributed by atoms with Crippen LogP contribution in [0.1, 0.15) is 0 Å². The van der Waals surface area contributed by atoms with E-state index in [2.05, 4.69) is 17.0 Å². The Morgan fingerprint density at radius 1 is 1.35 bits per heavy atom. The van der Waals surface area contributed by atoms with Crippen molar-refractivity contribution in [3.8, 4) is 5.69 Å². The molecule has 0 unspecified atom stereocenters. The average Bonchev–Trinajstić information content (AvgIpc) is 2.62. The lowest BCUT2D eigenvalue weighted by Gasteiger charge is -2.01. The summed E-state index contributed by atoms with van der Waals surface area (Å²) < 4.78 is 2.29. The number of nitrogens with zero attached hydrogens (tertiary/aromatic N) is 4. The van der Waals surface area contributed by atoms with Gasteiger partial charge in [0.1, 0.15) is 0 Å². The number of benzene rings is 1. The van der Waals surface area contributed by atoms with Crippen LogP contribution in [-0.2, 0) is 6.54 Å². The van der Waals surface area contributed by atoms with Crippen LogP contribution in [0.5, 0.6) is 0 Å². The molecule has 88 valence electrons. The normalized spacial score (nSPS) is 10.5. The zero-order valence-electron chi connectivity index (χ0n) is 8.68. The number of aromatic nitrogens is 4. The minimum absolute atomic E-state index is 0.296. The van der Waals surface area contributed by atoms with E-state index in [-0.39, 0.29) is 5.69 Å². The van der Waals surface area contributed by atoms with E-state index in [9.17, 15) is 4.79 Å². The van der Waals surface area contributed by atoms with Crippen molar-refractivity contribution in [1.82, 2.24) is 19.8 Å². The van der Waals surface area contributed by atoms with Crippen molar-refractivity contribution in [2.75, 3.05) is 0 Å².